The van der Waals surface area contributed by atoms with Gasteiger partial charge in [-0.15, -0.1) is 0 Å². The molecule has 0 saturated carbocycles. The number of rotatable bonds is 9. The van der Waals surface area contributed by atoms with Crippen LogP contribution < -0.4 is 10.5 Å². The molecule has 0 saturated heterocycles. The molecule has 1 unspecified atom stereocenters. The molecule has 0 aliphatic carbocycles. The lowest BCUT2D eigenvalue weighted by Crippen LogP contribution is -2.32. The molecule has 1 aromatic rings. The first-order valence-corrected chi connectivity index (χ1v) is 7.58. The van der Waals surface area contributed by atoms with Gasteiger partial charge in [-0.2, -0.15) is 11.8 Å². The normalized spacial score (nSPS) is 11.9. The summed E-state index contributed by atoms with van der Waals surface area (Å²) in [4.78, 5) is 11.1. The second-order valence-electron chi connectivity index (χ2n) is 4.19. The molecule has 6 heteroatoms. The van der Waals surface area contributed by atoms with E-state index in [4.69, 9.17) is 10.5 Å². The van der Waals surface area contributed by atoms with Crippen LogP contribution in [0.3, 0.4) is 0 Å². The molecule has 112 valence electrons. The van der Waals surface area contributed by atoms with Crippen molar-refractivity contribution in [2.24, 2.45) is 5.73 Å². The molecular weight excluding hydrogens is 281 g/mol. The molecule has 0 bridgehead atoms. The van der Waals surface area contributed by atoms with Gasteiger partial charge in [0, 0.05) is 0 Å². The monoisotopic (exact) mass is 301 g/mol. The number of carbonyl (C=O) groups is 1. The molecular formula is C14H20FNO3S. The summed E-state index contributed by atoms with van der Waals surface area (Å²) >= 11 is 1.72. The average molecular weight is 301 g/mol. The van der Waals surface area contributed by atoms with E-state index in [1.165, 1.54) is 19.2 Å². The van der Waals surface area contributed by atoms with Crippen molar-refractivity contribution < 1.29 is 18.7 Å². The highest BCUT2D eigenvalue weighted by atomic mass is 32.2. The SMILES string of the molecule is COC(=O)C(N)CCSCCCOc1ccc(F)cc1. The minimum Gasteiger partial charge on any atom is -0.494 e. The van der Waals surface area contributed by atoms with Crippen LogP contribution in [0.4, 0.5) is 4.39 Å². The van der Waals surface area contributed by atoms with Crippen LogP contribution in [0, 0.1) is 5.82 Å². The standard InChI is InChI=1S/C14H20FNO3S/c1-18-14(17)13(16)7-10-20-9-2-8-19-12-5-3-11(15)4-6-12/h3-6,13H,2,7-10,16H2,1H3. The Kier molecular flexibility index (Phi) is 8.06. The van der Waals surface area contributed by atoms with Crippen molar-refractivity contribution in [2.45, 2.75) is 18.9 Å². The fourth-order valence-corrected chi connectivity index (χ4v) is 2.41. The molecule has 2 N–H and O–H groups in total. The third-order valence-corrected chi connectivity index (χ3v) is 3.69. The van der Waals surface area contributed by atoms with Crippen LogP contribution in [0.5, 0.6) is 5.75 Å². The van der Waals surface area contributed by atoms with Gasteiger partial charge in [0.25, 0.3) is 0 Å². The van der Waals surface area contributed by atoms with Gasteiger partial charge in [-0.25, -0.2) is 4.39 Å². The number of ether oxygens (including phenoxy) is 2. The van der Waals surface area contributed by atoms with Crippen molar-refractivity contribution in [3.05, 3.63) is 30.1 Å². The van der Waals surface area contributed by atoms with Crippen LogP contribution in [0.1, 0.15) is 12.8 Å². The number of thioether (sulfide) groups is 1. The molecule has 0 aromatic heterocycles. The lowest BCUT2D eigenvalue weighted by atomic mass is 10.2. The third kappa shape index (κ3) is 6.77. The van der Waals surface area contributed by atoms with E-state index >= 15 is 0 Å². The summed E-state index contributed by atoms with van der Waals surface area (Å²) in [5, 5.41) is 0. The molecule has 0 fully saturated rings. The molecule has 0 amide bonds. The maximum atomic E-state index is 12.7. The van der Waals surface area contributed by atoms with Crippen molar-refractivity contribution in [2.75, 3.05) is 25.2 Å². The first kappa shape index (κ1) is 16.8. The van der Waals surface area contributed by atoms with Crippen molar-refractivity contribution in [1.82, 2.24) is 0 Å². The number of halogens is 1. The minimum absolute atomic E-state index is 0.269. The molecule has 1 aromatic carbocycles. The summed E-state index contributed by atoms with van der Waals surface area (Å²) in [6, 6.07) is 5.43. The van der Waals surface area contributed by atoms with E-state index in [0.29, 0.717) is 18.8 Å². The van der Waals surface area contributed by atoms with Gasteiger partial charge in [0.15, 0.2) is 0 Å². The predicted molar refractivity (Wildman–Crippen MR) is 78.4 cm³/mol. The van der Waals surface area contributed by atoms with E-state index in [9.17, 15) is 9.18 Å². The maximum absolute atomic E-state index is 12.7. The molecule has 4 nitrogen and oxygen atoms in total. The summed E-state index contributed by atoms with van der Waals surface area (Å²) in [7, 11) is 1.34. The number of carbonyl (C=O) groups excluding carboxylic acids is 1. The minimum atomic E-state index is -0.539. The average Bonchev–Trinajstić information content (AvgIpc) is 2.47. The van der Waals surface area contributed by atoms with Gasteiger partial charge in [-0.1, -0.05) is 0 Å². The third-order valence-electron chi connectivity index (χ3n) is 2.59. The molecule has 0 heterocycles. The molecule has 1 rings (SSSR count). The Morgan fingerprint density at radius 3 is 2.70 bits per heavy atom. The van der Waals surface area contributed by atoms with Crippen LogP contribution in [0.15, 0.2) is 24.3 Å². The largest absolute Gasteiger partial charge is 0.494 e. The quantitative estimate of drug-likeness (QED) is 0.560. The molecule has 0 radical (unpaired) electrons. The summed E-state index contributed by atoms with van der Waals surface area (Å²) in [5.41, 5.74) is 5.61. The fraction of sp³-hybridized carbons (Fsp3) is 0.500. The summed E-state index contributed by atoms with van der Waals surface area (Å²) in [6.07, 6.45) is 1.49. The van der Waals surface area contributed by atoms with Crippen molar-refractivity contribution in [1.29, 1.82) is 0 Å². The lowest BCUT2D eigenvalue weighted by Gasteiger charge is -2.09. The second kappa shape index (κ2) is 9.61. The first-order chi connectivity index (χ1) is 9.63. The molecule has 0 aliphatic rings. The van der Waals surface area contributed by atoms with E-state index in [1.54, 1.807) is 23.9 Å². The van der Waals surface area contributed by atoms with Gasteiger partial charge in [-0.3, -0.25) is 4.79 Å². The van der Waals surface area contributed by atoms with Crippen LogP contribution in [0.25, 0.3) is 0 Å². The Balaban J connectivity index is 2.00. The number of hydrogen-bond donors (Lipinski definition) is 1. The Morgan fingerprint density at radius 2 is 2.05 bits per heavy atom. The van der Waals surface area contributed by atoms with E-state index in [1.807, 2.05) is 0 Å². The van der Waals surface area contributed by atoms with Gasteiger partial charge in [-0.05, 0) is 48.6 Å². The molecule has 20 heavy (non-hydrogen) atoms. The zero-order chi connectivity index (χ0) is 14.8. The highest BCUT2D eigenvalue weighted by Gasteiger charge is 2.12. The highest BCUT2D eigenvalue weighted by molar-refractivity contribution is 7.99. The Morgan fingerprint density at radius 1 is 1.35 bits per heavy atom. The van der Waals surface area contributed by atoms with Gasteiger partial charge in [0.2, 0.25) is 0 Å². The van der Waals surface area contributed by atoms with Crippen molar-refractivity contribution in [3.63, 3.8) is 0 Å². The van der Waals surface area contributed by atoms with E-state index in [2.05, 4.69) is 4.74 Å². The zero-order valence-corrected chi connectivity index (χ0v) is 12.3. The van der Waals surface area contributed by atoms with Crippen LogP contribution in [-0.2, 0) is 9.53 Å². The first-order valence-electron chi connectivity index (χ1n) is 6.43. The Hall–Kier alpha value is -1.27. The topological polar surface area (TPSA) is 61.5 Å². The lowest BCUT2D eigenvalue weighted by molar-refractivity contribution is -0.142. The Bertz CT molecular complexity index is 400. The number of esters is 1. The van der Waals surface area contributed by atoms with E-state index < -0.39 is 6.04 Å². The number of hydrogen-bond acceptors (Lipinski definition) is 5. The van der Waals surface area contributed by atoms with Gasteiger partial charge in [0.05, 0.1) is 13.7 Å². The van der Waals surface area contributed by atoms with Crippen molar-refractivity contribution >= 4 is 17.7 Å². The van der Waals surface area contributed by atoms with E-state index in [0.717, 1.165) is 17.9 Å². The highest BCUT2D eigenvalue weighted by Crippen LogP contribution is 2.12. The van der Waals surface area contributed by atoms with Gasteiger partial charge >= 0.3 is 5.97 Å². The maximum Gasteiger partial charge on any atom is 0.322 e. The van der Waals surface area contributed by atoms with Crippen LogP contribution >= 0.6 is 11.8 Å². The predicted octanol–water partition coefficient (Wildman–Crippen LogP) is 2.22. The van der Waals surface area contributed by atoms with Crippen LogP contribution in [-0.4, -0.2) is 37.2 Å². The second-order valence-corrected chi connectivity index (χ2v) is 5.41. The smallest absolute Gasteiger partial charge is 0.322 e. The fourth-order valence-electron chi connectivity index (χ4n) is 1.46. The van der Waals surface area contributed by atoms with Gasteiger partial charge < -0.3 is 15.2 Å². The van der Waals surface area contributed by atoms with E-state index in [-0.39, 0.29) is 11.8 Å². The number of methoxy groups -OCH3 is 1. The Labute approximate surface area is 122 Å². The number of nitrogens with two attached hydrogens (primary N) is 1. The molecule has 0 spiro atoms. The van der Waals surface area contributed by atoms with Crippen LogP contribution in [0.2, 0.25) is 0 Å². The van der Waals surface area contributed by atoms with Gasteiger partial charge in [0.1, 0.15) is 17.6 Å². The molecule has 1 atom stereocenters. The zero-order valence-electron chi connectivity index (χ0n) is 11.5. The summed E-state index contributed by atoms with van der Waals surface area (Å²) in [5.74, 6) is 1.77. The summed E-state index contributed by atoms with van der Waals surface area (Å²) < 4.78 is 22.7. The number of benzene rings is 1. The summed E-state index contributed by atoms with van der Waals surface area (Å²) in [6.45, 7) is 0.585. The molecule has 0 aliphatic heterocycles. The van der Waals surface area contributed by atoms with Crippen molar-refractivity contribution in [3.8, 4) is 5.75 Å².